The van der Waals surface area contributed by atoms with E-state index in [1.54, 1.807) is 40.5 Å². The number of anilines is 1. The molecular weight excluding hydrogens is 618 g/mol. The van der Waals surface area contributed by atoms with Crippen molar-refractivity contribution in [3.05, 3.63) is 119 Å². The molecule has 7 nitrogen and oxygen atoms in total. The lowest BCUT2D eigenvalue weighted by molar-refractivity contribution is -0.126. The van der Waals surface area contributed by atoms with Crippen molar-refractivity contribution >= 4 is 33.0 Å². The Morgan fingerprint density at radius 3 is 2.79 bits per heavy atom. The highest BCUT2D eigenvalue weighted by Gasteiger charge is 2.31. The van der Waals surface area contributed by atoms with Gasteiger partial charge in [-0.15, -0.1) is 11.3 Å². The Morgan fingerprint density at radius 1 is 1.13 bits per heavy atom. The summed E-state index contributed by atoms with van der Waals surface area (Å²) in [4.78, 5) is 24.5. The van der Waals surface area contributed by atoms with Crippen LogP contribution in [-0.4, -0.2) is 52.2 Å². The molecule has 3 aromatic heterocycles. The molecular formula is C37H32F2N4O3S. The molecule has 0 spiro atoms. The fourth-order valence-electron chi connectivity index (χ4n) is 6.48. The third kappa shape index (κ3) is 5.90. The van der Waals surface area contributed by atoms with E-state index in [1.165, 1.54) is 30.3 Å². The zero-order chi connectivity index (χ0) is 32.5. The number of aromatic nitrogens is 2. The number of pyridine rings is 2. The smallest absolute Gasteiger partial charge is 0.246 e. The number of ether oxygens (including phenoxy) is 1. The van der Waals surface area contributed by atoms with Crippen LogP contribution in [0.15, 0.2) is 84.9 Å². The van der Waals surface area contributed by atoms with Crippen molar-refractivity contribution in [2.24, 2.45) is 0 Å². The minimum Gasteiger partial charge on any atom is -0.493 e. The molecule has 2 aliphatic rings. The topological polar surface area (TPSA) is 87.6 Å². The summed E-state index contributed by atoms with van der Waals surface area (Å²) in [7, 11) is 0. The van der Waals surface area contributed by atoms with E-state index >= 15 is 0 Å². The number of halogens is 2. The Balaban J connectivity index is 1.44. The maximum Gasteiger partial charge on any atom is 0.246 e. The largest absolute Gasteiger partial charge is 0.493 e. The number of carbonyl (C=O) groups excluding carboxylic acids is 1. The first-order valence-electron chi connectivity index (χ1n) is 15.5. The maximum atomic E-state index is 14.6. The lowest BCUT2D eigenvalue weighted by atomic mass is 9.85. The highest BCUT2D eigenvalue weighted by Crippen LogP contribution is 2.48. The van der Waals surface area contributed by atoms with Crippen LogP contribution in [0.1, 0.15) is 34.9 Å². The van der Waals surface area contributed by atoms with Gasteiger partial charge < -0.3 is 20.1 Å². The Hall–Kier alpha value is -4.93. The predicted octanol–water partition coefficient (Wildman–Crippen LogP) is 7.25. The van der Waals surface area contributed by atoms with E-state index in [0.29, 0.717) is 56.2 Å². The normalized spacial score (nSPS) is 15.7. The minimum atomic E-state index is -0.385. The van der Waals surface area contributed by atoms with Gasteiger partial charge in [-0.3, -0.25) is 14.8 Å². The number of thiophene rings is 1. The van der Waals surface area contributed by atoms with Crippen LogP contribution in [-0.2, 0) is 17.8 Å². The molecule has 2 N–H and O–H groups in total. The number of aliphatic hydroxyl groups excluding tert-OH is 1. The van der Waals surface area contributed by atoms with Crippen LogP contribution >= 0.6 is 11.3 Å². The van der Waals surface area contributed by atoms with E-state index in [-0.39, 0.29) is 30.1 Å². The van der Waals surface area contributed by atoms with Gasteiger partial charge in [0.2, 0.25) is 5.91 Å². The zero-order valence-electron chi connectivity index (χ0n) is 25.5. The molecule has 0 saturated heterocycles. The fraction of sp³-hybridized carbons (Fsp3) is 0.216. The molecule has 0 bridgehead atoms. The molecule has 2 aromatic carbocycles. The number of carbonyl (C=O) groups is 1. The number of rotatable bonds is 7. The summed E-state index contributed by atoms with van der Waals surface area (Å²) in [5, 5.41) is 15.3. The van der Waals surface area contributed by atoms with E-state index in [1.807, 2.05) is 17.6 Å². The lowest BCUT2D eigenvalue weighted by Gasteiger charge is -2.30. The summed E-state index contributed by atoms with van der Waals surface area (Å²) in [6.45, 7) is 5.30. The molecule has 5 heterocycles. The van der Waals surface area contributed by atoms with E-state index in [0.717, 1.165) is 49.3 Å². The number of hydrogen-bond acceptors (Lipinski definition) is 7. The van der Waals surface area contributed by atoms with Gasteiger partial charge in [0.25, 0.3) is 0 Å². The predicted molar refractivity (Wildman–Crippen MR) is 181 cm³/mol. The van der Waals surface area contributed by atoms with Gasteiger partial charge in [0.15, 0.2) is 0 Å². The van der Waals surface area contributed by atoms with Crippen molar-refractivity contribution in [3.63, 3.8) is 0 Å². The van der Waals surface area contributed by atoms with E-state index in [2.05, 4.69) is 18.0 Å². The quantitative estimate of drug-likeness (QED) is 0.143. The summed E-state index contributed by atoms with van der Waals surface area (Å²) in [5.74, 6) is -0.678. The van der Waals surface area contributed by atoms with Gasteiger partial charge in [-0.2, -0.15) is 0 Å². The van der Waals surface area contributed by atoms with Gasteiger partial charge in [0.05, 0.1) is 24.6 Å². The number of hydrogen-bond donors (Lipinski definition) is 2. The van der Waals surface area contributed by atoms with Gasteiger partial charge in [0.1, 0.15) is 17.4 Å². The van der Waals surface area contributed by atoms with E-state index < -0.39 is 0 Å². The van der Waals surface area contributed by atoms with Gasteiger partial charge in [-0.1, -0.05) is 18.7 Å². The molecule has 47 heavy (non-hydrogen) atoms. The highest BCUT2D eigenvalue weighted by molar-refractivity contribution is 7.17. The average molecular weight is 651 g/mol. The maximum absolute atomic E-state index is 14.6. The second-order valence-corrected chi connectivity index (χ2v) is 12.4. The van der Waals surface area contributed by atoms with Gasteiger partial charge in [-0.05, 0) is 71.5 Å². The highest BCUT2D eigenvalue weighted by atomic mass is 32.1. The second-order valence-electron chi connectivity index (χ2n) is 11.5. The van der Waals surface area contributed by atoms with Crippen LogP contribution in [0.4, 0.5) is 14.5 Å². The van der Waals surface area contributed by atoms with Crippen molar-refractivity contribution in [2.45, 2.75) is 25.3 Å². The fourth-order valence-corrected chi connectivity index (χ4v) is 7.44. The SMILES string of the molecule is C=CC(=O)N1CCc2ncc(C3CCOc4cc(F)ccc4-c4c3nc(-c3ccc(F)cc3NC/C=C/CO)c3ccsc43)cc2C1. The van der Waals surface area contributed by atoms with Crippen molar-refractivity contribution in [3.8, 4) is 28.1 Å². The van der Waals surface area contributed by atoms with Crippen LogP contribution in [0.25, 0.3) is 32.5 Å². The molecule has 238 valence electrons. The number of nitrogens with one attached hydrogen (secondary N) is 1. The number of benzene rings is 2. The second kappa shape index (κ2) is 13.1. The monoisotopic (exact) mass is 650 g/mol. The Bertz CT molecular complexity index is 2040. The number of fused-ring (bicyclic) bond motifs is 6. The lowest BCUT2D eigenvalue weighted by Crippen LogP contribution is -2.35. The Labute approximate surface area is 274 Å². The summed E-state index contributed by atoms with van der Waals surface area (Å²) in [6.07, 6.45) is 7.83. The van der Waals surface area contributed by atoms with E-state index in [9.17, 15) is 13.6 Å². The van der Waals surface area contributed by atoms with Crippen molar-refractivity contribution in [1.82, 2.24) is 14.9 Å². The summed E-state index contributed by atoms with van der Waals surface area (Å²) < 4.78 is 36.2. The molecule has 0 radical (unpaired) electrons. The number of aliphatic hydroxyl groups is 1. The molecule has 7 rings (SSSR count). The first-order chi connectivity index (χ1) is 22.9. The summed E-state index contributed by atoms with van der Waals surface area (Å²) >= 11 is 1.56. The third-order valence-electron chi connectivity index (χ3n) is 8.71. The molecule has 10 heteroatoms. The third-order valence-corrected chi connectivity index (χ3v) is 9.64. The molecule has 1 unspecified atom stereocenters. The summed E-state index contributed by atoms with van der Waals surface area (Å²) in [5.41, 5.74) is 7.28. The molecule has 0 aliphatic carbocycles. The van der Waals surface area contributed by atoms with Crippen molar-refractivity contribution in [1.29, 1.82) is 0 Å². The molecule has 5 aromatic rings. The molecule has 1 amide bonds. The Morgan fingerprint density at radius 2 is 1.96 bits per heavy atom. The Kier molecular flexibility index (Phi) is 8.53. The minimum absolute atomic E-state index is 0.0871. The van der Waals surface area contributed by atoms with Gasteiger partial charge >= 0.3 is 0 Å². The molecule has 2 aliphatic heterocycles. The first kappa shape index (κ1) is 30.7. The van der Waals surface area contributed by atoms with Crippen LogP contribution in [0, 0.1) is 11.6 Å². The molecule has 1 atom stereocenters. The summed E-state index contributed by atoms with van der Waals surface area (Å²) in [6, 6.07) is 13.3. The van der Waals surface area contributed by atoms with Gasteiger partial charge in [0, 0.05) is 82.4 Å². The molecule has 0 saturated carbocycles. The van der Waals surface area contributed by atoms with Gasteiger partial charge in [-0.25, -0.2) is 8.78 Å². The van der Waals surface area contributed by atoms with Crippen LogP contribution < -0.4 is 10.1 Å². The van der Waals surface area contributed by atoms with Crippen molar-refractivity contribution < 1.29 is 23.4 Å². The molecule has 0 fully saturated rings. The van der Waals surface area contributed by atoms with Crippen LogP contribution in [0.5, 0.6) is 5.75 Å². The average Bonchev–Trinajstić information content (AvgIpc) is 3.57. The van der Waals surface area contributed by atoms with E-state index in [4.69, 9.17) is 19.8 Å². The number of amides is 1. The van der Waals surface area contributed by atoms with Crippen LogP contribution in [0.3, 0.4) is 0 Å². The first-order valence-corrected chi connectivity index (χ1v) is 16.4. The number of nitrogens with zero attached hydrogens (tertiary/aromatic N) is 3. The van der Waals surface area contributed by atoms with Crippen molar-refractivity contribution in [2.75, 3.05) is 31.6 Å². The zero-order valence-corrected chi connectivity index (χ0v) is 26.3. The van der Waals surface area contributed by atoms with Crippen LogP contribution in [0.2, 0.25) is 0 Å². The standard InChI is InChI=1S/C37H32F2N4O3S/c1-2-33(45)43-13-9-30-23(21-43)17-22(20-41-30)26-10-15-46-32-19-25(39)6-8-28(32)34-36(26)42-35(29-11-16-47-37(29)34)27-7-5-24(38)18-31(27)40-12-3-4-14-44/h2-8,11,16-20,26,40,44H,1,9-10,12-15,21H2/b4-3+.